The molecular weight excluding hydrogens is 344 g/mol. The zero-order valence-electron chi connectivity index (χ0n) is 14.9. The van der Waals surface area contributed by atoms with Gasteiger partial charge in [0.25, 0.3) is 0 Å². The second kappa shape index (κ2) is 8.42. The first kappa shape index (κ1) is 19.4. The van der Waals surface area contributed by atoms with E-state index >= 15 is 0 Å². The van der Waals surface area contributed by atoms with E-state index in [0.717, 1.165) is 5.69 Å². The van der Waals surface area contributed by atoms with E-state index in [9.17, 15) is 13.2 Å². The molecule has 1 aliphatic heterocycles. The third-order valence-corrected chi connectivity index (χ3v) is 6.12. The van der Waals surface area contributed by atoms with Crippen molar-refractivity contribution in [2.45, 2.75) is 25.8 Å². The van der Waals surface area contributed by atoms with E-state index in [-0.39, 0.29) is 29.9 Å². The van der Waals surface area contributed by atoms with Gasteiger partial charge in [-0.1, -0.05) is 0 Å². The van der Waals surface area contributed by atoms with Crippen molar-refractivity contribution in [2.75, 3.05) is 44.1 Å². The SMILES string of the molecule is CCN(C(=O)CCNc1cc(OC)ccc1OC)C1CCS(=O)(=O)C1. The van der Waals surface area contributed by atoms with E-state index in [1.165, 1.54) is 0 Å². The molecule has 7 nitrogen and oxygen atoms in total. The molecule has 1 atom stereocenters. The molecule has 1 fully saturated rings. The summed E-state index contributed by atoms with van der Waals surface area (Å²) in [6.45, 7) is 2.82. The lowest BCUT2D eigenvalue weighted by atomic mass is 10.2. The normalized spacial score (nSPS) is 18.6. The molecular formula is C17H26N2O5S. The van der Waals surface area contributed by atoms with Crippen LogP contribution in [-0.4, -0.2) is 64.1 Å². The predicted molar refractivity (Wildman–Crippen MR) is 97.1 cm³/mol. The van der Waals surface area contributed by atoms with Gasteiger partial charge in [0.15, 0.2) is 9.84 Å². The number of rotatable bonds is 8. The van der Waals surface area contributed by atoms with Crippen LogP contribution in [0.15, 0.2) is 18.2 Å². The van der Waals surface area contributed by atoms with Crippen LogP contribution in [0.2, 0.25) is 0 Å². The number of benzene rings is 1. The van der Waals surface area contributed by atoms with Gasteiger partial charge >= 0.3 is 0 Å². The van der Waals surface area contributed by atoms with E-state index in [4.69, 9.17) is 9.47 Å². The maximum absolute atomic E-state index is 12.5. The van der Waals surface area contributed by atoms with Crippen LogP contribution >= 0.6 is 0 Å². The fourth-order valence-electron chi connectivity index (χ4n) is 3.06. The van der Waals surface area contributed by atoms with E-state index in [2.05, 4.69) is 5.32 Å². The quantitative estimate of drug-likeness (QED) is 0.747. The van der Waals surface area contributed by atoms with Gasteiger partial charge in [-0.25, -0.2) is 8.42 Å². The van der Waals surface area contributed by atoms with Crippen molar-refractivity contribution in [3.8, 4) is 11.5 Å². The van der Waals surface area contributed by atoms with E-state index in [1.807, 2.05) is 13.0 Å². The minimum atomic E-state index is -3.00. The molecule has 140 valence electrons. The van der Waals surface area contributed by atoms with Gasteiger partial charge in [0, 0.05) is 31.6 Å². The van der Waals surface area contributed by atoms with Crippen LogP contribution in [0, 0.1) is 0 Å². The summed E-state index contributed by atoms with van der Waals surface area (Å²) < 4.78 is 33.8. The number of amides is 1. The van der Waals surface area contributed by atoms with Crippen molar-refractivity contribution < 1.29 is 22.7 Å². The molecule has 0 bridgehead atoms. The third-order valence-electron chi connectivity index (χ3n) is 4.37. The summed E-state index contributed by atoms with van der Waals surface area (Å²) >= 11 is 0. The Labute approximate surface area is 149 Å². The van der Waals surface area contributed by atoms with Crippen LogP contribution in [0.1, 0.15) is 19.8 Å². The summed E-state index contributed by atoms with van der Waals surface area (Å²) in [5, 5.41) is 3.18. The number of hydrogen-bond acceptors (Lipinski definition) is 6. The van der Waals surface area contributed by atoms with Gasteiger partial charge < -0.3 is 19.7 Å². The lowest BCUT2D eigenvalue weighted by molar-refractivity contribution is -0.132. The van der Waals surface area contributed by atoms with Gasteiger partial charge in [0.05, 0.1) is 31.4 Å². The van der Waals surface area contributed by atoms with Gasteiger partial charge in [0.2, 0.25) is 5.91 Å². The molecule has 25 heavy (non-hydrogen) atoms. The predicted octanol–water partition coefficient (Wildman–Crippen LogP) is 1.54. The lowest BCUT2D eigenvalue weighted by Gasteiger charge is -2.27. The van der Waals surface area contributed by atoms with Crippen molar-refractivity contribution in [1.82, 2.24) is 4.90 Å². The van der Waals surface area contributed by atoms with Gasteiger partial charge in [-0.2, -0.15) is 0 Å². The summed E-state index contributed by atoms with van der Waals surface area (Å²) in [4.78, 5) is 14.2. The van der Waals surface area contributed by atoms with Crippen LogP contribution in [0.5, 0.6) is 11.5 Å². The summed E-state index contributed by atoms with van der Waals surface area (Å²) in [5.41, 5.74) is 0.751. The van der Waals surface area contributed by atoms with E-state index in [0.29, 0.717) is 31.0 Å². The number of nitrogens with zero attached hydrogens (tertiary/aromatic N) is 1. The molecule has 0 saturated carbocycles. The average molecular weight is 370 g/mol. The maximum Gasteiger partial charge on any atom is 0.224 e. The Hall–Kier alpha value is -1.96. The molecule has 0 aliphatic carbocycles. The molecule has 0 radical (unpaired) electrons. The second-order valence-corrected chi connectivity index (χ2v) is 8.21. The largest absolute Gasteiger partial charge is 0.497 e. The Morgan fingerprint density at radius 1 is 1.32 bits per heavy atom. The first-order valence-electron chi connectivity index (χ1n) is 8.36. The van der Waals surface area contributed by atoms with E-state index < -0.39 is 9.84 Å². The first-order valence-corrected chi connectivity index (χ1v) is 10.2. The Bertz CT molecular complexity index is 705. The van der Waals surface area contributed by atoms with Crippen molar-refractivity contribution in [3.05, 3.63) is 18.2 Å². The molecule has 0 aromatic heterocycles. The number of sulfone groups is 1. The molecule has 2 rings (SSSR count). The molecule has 1 unspecified atom stereocenters. The lowest BCUT2D eigenvalue weighted by Crippen LogP contribution is -2.41. The van der Waals surface area contributed by atoms with Crippen LogP contribution in [0.4, 0.5) is 5.69 Å². The highest BCUT2D eigenvalue weighted by Gasteiger charge is 2.33. The standard InChI is InChI=1S/C17H26N2O5S/c1-4-19(13-8-10-25(21,22)12-13)17(20)7-9-18-15-11-14(23-2)5-6-16(15)24-3/h5-6,11,13,18H,4,7-10,12H2,1-3H3. The number of hydrogen-bond donors (Lipinski definition) is 1. The maximum atomic E-state index is 12.5. The molecule has 1 aliphatic rings. The van der Waals surface area contributed by atoms with Crippen LogP contribution in [-0.2, 0) is 14.6 Å². The molecule has 1 amide bonds. The Morgan fingerprint density at radius 3 is 2.64 bits per heavy atom. The third kappa shape index (κ3) is 5.01. The molecule has 0 spiro atoms. The van der Waals surface area contributed by atoms with Crippen molar-refractivity contribution in [1.29, 1.82) is 0 Å². The van der Waals surface area contributed by atoms with Crippen LogP contribution in [0.3, 0.4) is 0 Å². The highest BCUT2D eigenvalue weighted by atomic mass is 32.2. The average Bonchev–Trinajstić information content (AvgIpc) is 2.95. The fraction of sp³-hybridized carbons (Fsp3) is 0.588. The van der Waals surface area contributed by atoms with Gasteiger partial charge in [-0.05, 0) is 25.5 Å². The van der Waals surface area contributed by atoms with Crippen molar-refractivity contribution in [2.24, 2.45) is 0 Å². The molecule has 8 heteroatoms. The summed E-state index contributed by atoms with van der Waals surface area (Å²) in [6, 6.07) is 5.21. The van der Waals surface area contributed by atoms with Gasteiger partial charge in [0.1, 0.15) is 11.5 Å². The highest BCUT2D eigenvalue weighted by molar-refractivity contribution is 7.91. The summed E-state index contributed by atoms with van der Waals surface area (Å²) in [7, 11) is 0.164. The Morgan fingerprint density at radius 2 is 2.08 bits per heavy atom. The van der Waals surface area contributed by atoms with Crippen molar-refractivity contribution >= 4 is 21.4 Å². The number of anilines is 1. The highest BCUT2D eigenvalue weighted by Crippen LogP contribution is 2.28. The Balaban J connectivity index is 1.93. The number of carbonyl (C=O) groups excluding carboxylic acids is 1. The smallest absolute Gasteiger partial charge is 0.224 e. The summed E-state index contributed by atoms with van der Waals surface area (Å²) in [5.74, 6) is 1.56. The second-order valence-electron chi connectivity index (χ2n) is 5.98. The van der Waals surface area contributed by atoms with Gasteiger partial charge in [-0.15, -0.1) is 0 Å². The summed E-state index contributed by atoms with van der Waals surface area (Å²) in [6.07, 6.45) is 0.809. The van der Waals surface area contributed by atoms with Crippen molar-refractivity contribution in [3.63, 3.8) is 0 Å². The monoisotopic (exact) mass is 370 g/mol. The topological polar surface area (TPSA) is 84.9 Å². The Kier molecular flexibility index (Phi) is 6.52. The zero-order valence-corrected chi connectivity index (χ0v) is 15.8. The molecule has 1 heterocycles. The molecule has 1 aromatic carbocycles. The number of carbonyl (C=O) groups is 1. The first-order chi connectivity index (χ1) is 11.9. The molecule has 1 aromatic rings. The fourth-order valence-corrected chi connectivity index (χ4v) is 4.79. The van der Waals surface area contributed by atoms with Crippen LogP contribution in [0.25, 0.3) is 0 Å². The minimum absolute atomic E-state index is 0.0426. The molecule has 1 saturated heterocycles. The number of nitrogens with one attached hydrogen (secondary N) is 1. The number of methoxy groups -OCH3 is 2. The zero-order chi connectivity index (χ0) is 18.4. The number of ether oxygens (including phenoxy) is 2. The minimum Gasteiger partial charge on any atom is -0.497 e. The van der Waals surface area contributed by atoms with Crippen LogP contribution < -0.4 is 14.8 Å². The van der Waals surface area contributed by atoms with Gasteiger partial charge in [-0.3, -0.25) is 4.79 Å². The van der Waals surface area contributed by atoms with E-state index in [1.54, 1.807) is 31.3 Å². The molecule has 1 N–H and O–H groups in total.